The van der Waals surface area contributed by atoms with E-state index < -0.39 is 0 Å². The predicted molar refractivity (Wildman–Crippen MR) is 102 cm³/mol. The van der Waals surface area contributed by atoms with E-state index in [1.807, 2.05) is 42.5 Å². The number of hydrogen-bond acceptors (Lipinski definition) is 4. The molecule has 0 aromatic heterocycles. The fourth-order valence-corrected chi connectivity index (χ4v) is 2.94. The van der Waals surface area contributed by atoms with Crippen molar-refractivity contribution in [2.75, 3.05) is 25.7 Å². The summed E-state index contributed by atoms with van der Waals surface area (Å²) < 4.78 is 16.5. The first-order chi connectivity index (χ1) is 12.7. The van der Waals surface area contributed by atoms with E-state index in [4.69, 9.17) is 14.2 Å². The van der Waals surface area contributed by atoms with E-state index in [0.29, 0.717) is 18.0 Å². The van der Waals surface area contributed by atoms with E-state index in [2.05, 4.69) is 6.92 Å². The van der Waals surface area contributed by atoms with E-state index in [0.717, 1.165) is 23.4 Å². The minimum Gasteiger partial charge on any atom is -0.497 e. The fraction of sp³-hybridized carbons (Fsp3) is 0.286. The highest BCUT2D eigenvalue weighted by atomic mass is 16.5. The average Bonchev–Trinajstić information content (AvgIpc) is 2.70. The zero-order valence-corrected chi connectivity index (χ0v) is 15.3. The van der Waals surface area contributed by atoms with Gasteiger partial charge in [-0.3, -0.25) is 4.79 Å². The van der Waals surface area contributed by atoms with Gasteiger partial charge in [0.2, 0.25) is 0 Å². The molecule has 5 nitrogen and oxygen atoms in total. The van der Waals surface area contributed by atoms with Crippen molar-refractivity contribution in [2.45, 2.75) is 19.4 Å². The molecule has 1 heterocycles. The molecule has 2 aromatic carbocycles. The molecule has 0 radical (unpaired) electrons. The first kappa shape index (κ1) is 17.9. The third kappa shape index (κ3) is 3.67. The number of ether oxygens (including phenoxy) is 3. The minimum absolute atomic E-state index is 0.00592. The third-order valence-electron chi connectivity index (χ3n) is 4.40. The van der Waals surface area contributed by atoms with E-state index in [9.17, 15) is 4.79 Å². The van der Waals surface area contributed by atoms with Crippen LogP contribution < -0.4 is 19.1 Å². The van der Waals surface area contributed by atoms with Crippen LogP contribution in [-0.4, -0.2) is 32.8 Å². The monoisotopic (exact) mass is 353 g/mol. The van der Waals surface area contributed by atoms with E-state index in [-0.39, 0.29) is 12.0 Å². The van der Waals surface area contributed by atoms with Gasteiger partial charge in [-0.05, 0) is 42.8 Å². The summed E-state index contributed by atoms with van der Waals surface area (Å²) in [6.45, 7) is 2.59. The predicted octanol–water partition coefficient (Wildman–Crippen LogP) is 3.92. The summed E-state index contributed by atoms with van der Waals surface area (Å²) in [5, 5.41) is 0. The molecular weight excluding hydrogens is 330 g/mol. The highest BCUT2D eigenvalue weighted by Crippen LogP contribution is 2.34. The number of carbonyl (C=O) groups is 1. The second kappa shape index (κ2) is 7.95. The molecule has 1 atom stereocenters. The van der Waals surface area contributed by atoms with Crippen molar-refractivity contribution in [1.29, 1.82) is 0 Å². The average molecular weight is 353 g/mol. The number of hydrogen-bond donors (Lipinski definition) is 0. The molecule has 3 rings (SSSR count). The number of amides is 1. The van der Waals surface area contributed by atoms with Gasteiger partial charge in [-0.25, -0.2) is 0 Å². The van der Waals surface area contributed by atoms with Gasteiger partial charge in [0.15, 0.2) is 0 Å². The maximum atomic E-state index is 12.9. The molecule has 136 valence electrons. The van der Waals surface area contributed by atoms with Crippen molar-refractivity contribution in [2.24, 2.45) is 0 Å². The minimum atomic E-state index is -0.0935. The Morgan fingerprint density at radius 2 is 2.04 bits per heavy atom. The van der Waals surface area contributed by atoms with Gasteiger partial charge in [0.05, 0.1) is 26.5 Å². The van der Waals surface area contributed by atoms with Gasteiger partial charge >= 0.3 is 0 Å². The van der Waals surface area contributed by atoms with Gasteiger partial charge in [-0.2, -0.15) is 0 Å². The van der Waals surface area contributed by atoms with Gasteiger partial charge in [-0.1, -0.05) is 19.1 Å². The fourth-order valence-electron chi connectivity index (χ4n) is 2.94. The van der Waals surface area contributed by atoms with Gasteiger partial charge in [0, 0.05) is 11.6 Å². The molecule has 0 saturated heterocycles. The SMILES string of the molecule is CCC1CN(C(=O)/C=C/c2cc(OC)ccc2OC)c2ccccc2O1. The second-order valence-corrected chi connectivity index (χ2v) is 6.01. The summed E-state index contributed by atoms with van der Waals surface area (Å²) >= 11 is 0. The zero-order chi connectivity index (χ0) is 18.5. The van der Waals surface area contributed by atoms with Crippen LogP contribution in [0.5, 0.6) is 17.2 Å². The lowest BCUT2D eigenvalue weighted by Gasteiger charge is -2.34. The Morgan fingerprint density at radius 1 is 1.23 bits per heavy atom. The van der Waals surface area contributed by atoms with Gasteiger partial charge in [0.1, 0.15) is 23.4 Å². The summed E-state index contributed by atoms with van der Waals surface area (Å²) in [5.41, 5.74) is 1.58. The van der Waals surface area contributed by atoms with Crippen LogP contribution >= 0.6 is 0 Å². The molecule has 0 bridgehead atoms. The standard InChI is InChI=1S/C21H23NO4/c1-4-16-14-22(18-7-5-6-8-20(18)26-16)21(23)12-9-15-13-17(24-2)10-11-19(15)25-3/h5-13,16H,4,14H2,1-3H3/b12-9+. The normalized spacial score (nSPS) is 16.1. The molecular formula is C21H23NO4. The largest absolute Gasteiger partial charge is 0.497 e. The number of anilines is 1. The third-order valence-corrected chi connectivity index (χ3v) is 4.40. The molecule has 0 saturated carbocycles. The molecule has 26 heavy (non-hydrogen) atoms. The Bertz CT molecular complexity index is 815. The van der Waals surface area contributed by atoms with Crippen LogP contribution in [0.4, 0.5) is 5.69 Å². The topological polar surface area (TPSA) is 48.0 Å². The van der Waals surface area contributed by atoms with Crippen LogP contribution in [0.15, 0.2) is 48.5 Å². The molecule has 1 unspecified atom stereocenters. The zero-order valence-electron chi connectivity index (χ0n) is 15.3. The van der Waals surface area contributed by atoms with Crippen LogP contribution in [0, 0.1) is 0 Å². The molecule has 2 aromatic rings. The Morgan fingerprint density at radius 3 is 2.77 bits per heavy atom. The maximum Gasteiger partial charge on any atom is 0.251 e. The van der Waals surface area contributed by atoms with Crippen molar-refractivity contribution in [3.05, 3.63) is 54.1 Å². The van der Waals surface area contributed by atoms with Crippen LogP contribution in [0.3, 0.4) is 0 Å². The molecule has 1 amide bonds. The first-order valence-electron chi connectivity index (χ1n) is 8.63. The quantitative estimate of drug-likeness (QED) is 0.765. The second-order valence-electron chi connectivity index (χ2n) is 6.01. The number of methoxy groups -OCH3 is 2. The molecule has 1 aliphatic rings. The molecule has 0 aliphatic carbocycles. The lowest BCUT2D eigenvalue weighted by atomic mass is 10.1. The molecule has 5 heteroatoms. The van der Waals surface area contributed by atoms with Crippen LogP contribution in [-0.2, 0) is 4.79 Å². The maximum absolute atomic E-state index is 12.9. The van der Waals surface area contributed by atoms with Crippen molar-refractivity contribution < 1.29 is 19.0 Å². The Labute approximate surface area is 153 Å². The summed E-state index contributed by atoms with van der Waals surface area (Å²) in [6.07, 6.45) is 4.15. The Kier molecular flexibility index (Phi) is 5.46. The first-order valence-corrected chi connectivity index (χ1v) is 8.63. The summed E-state index contributed by atoms with van der Waals surface area (Å²) in [5.74, 6) is 2.04. The van der Waals surface area contributed by atoms with Gasteiger partial charge in [-0.15, -0.1) is 0 Å². The number of rotatable bonds is 5. The highest BCUT2D eigenvalue weighted by molar-refractivity contribution is 6.05. The number of para-hydroxylation sites is 2. The van der Waals surface area contributed by atoms with Crippen LogP contribution in [0.2, 0.25) is 0 Å². The Hall–Kier alpha value is -2.95. The van der Waals surface area contributed by atoms with Gasteiger partial charge in [0.25, 0.3) is 5.91 Å². The number of benzene rings is 2. The van der Waals surface area contributed by atoms with Crippen LogP contribution in [0.1, 0.15) is 18.9 Å². The van der Waals surface area contributed by atoms with Crippen molar-refractivity contribution in [3.63, 3.8) is 0 Å². The molecule has 0 spiro atoms. The molecule has 0 fully saturated rings. The summed E-state index contributed by atoms with van der Waals surface area (Å²) in [4.78, 5) is 14.6. The van der Waals surface area contributed by atoms with Crippen LogP contribution in [0.25, 0.3) is 6.08 Å². The van der Waals surface area contributed by atoms with E-state index in [1.54, 1.807) is 31.3 Å². The molecule has 0 N–H and O–H groups in total. The smallest absolute Gasteiger partial charge is 0.251 e. The van der Waals surface area contributed by atoms with Crippen molar-refractivity contribution in [3.8, 4) is 17.2 Å². The van der Waals surface area contributed by atoms with Crippen molar-refractivity contribution >= 4 is 17.7 Å². The summed E-state index contributed by atoms with van der Waals surface area (Å²) in [6, 6.07) is 13.1. The molecule has 1 aliphatic heterocycles. The number of fused-ring (bicyclic) bond motifs is 1. The lowest BCUT2D eigenvalue weighted by Crippen LogP contribution is -2.42. The van der Waals surface area contributed by atoms with Gasteiger partial charge < -0.3 is 19.1 Å². The van der Waals surface area contributed by atoms with E-state index in [1.165, 1.54) is 0 Å². The summed E-state index contributed by atoms with van der Waals surface area (Å²) in [7, 11) is 3.21. The lowest BCUT2D eigenvalue weighted by molar-refractivity contribution is -0.114. The highest BCUT2D eigenvalue weighted by Gasteiger charge is 2.27. The van der Waals surface area contributed by atoms with E-state index >= 15 is 0 Å². The van der Waals surface area contributed by atoms with Crippen molar-refractivity contribution in [1.82, 2.24) is 0 Å². The number of carbonyl (C=O) groups excluding carboxylic acids is 1. The Balaban J connectivity index is 1.87. The number of nitrogens with zero attached hydrogens (tertiary/aromatic N) is 1.